The molecule has 1 aromatic carbocycles. The SMILES string of the molecule is CC(NCc1ccc(Cl)c(F)c1)C1CCCCC1. The van der Waals surface area contributed by atoms with E-state index < -0.39 is 0 Å². The van der Waals surface area contributed by atoms with Crippen LogP contribution in [0.1, 0.15) is 44.6 Å². The van der Waals surface area contributed by atoms with Crippen LogP contribution in [0.3, 0.4) is 0 Å². The van der Waals surface area contributed by atoms with Gasteiger partial charge in [-0.05, 0) is 43.4 Å². The van der Waals surface area contributed by atoms with Gasteiger partial charge in [0.05, 0.1) is 5.02 Å². The molecule has 100 valence electrons. The molecule has 0 amide bonds. The van der Waals surface area contributed by atoms with Crippen molar-refractivity contribution < 1.29 is 4.39 Å². The fourth-order valence-electron chi connectivity index (χ4n) is 2.73. The largest absolute Gasteiger partial charge is 0.310 e. The van der Waals surface area contributed by atoms with Gasteiger partial charge in [0.1, 0.15) is 5.82 Å². The summed E-state index contributed by atoms with van der Waals surface area (Å²) in [6.45, 7) is 2.95. The van der Waals surface area contributed by atoms with Gasteiger partial charge in [0, 0.05) is 12.6 Å². The number of rotatable bonds is 4. The lowest BCUT2D eigenvalue weighted by Gasteiger charge is -2.28. The lowest BCUT2D eigenvalue weighted by atomic mass is 9.84. The van der Waals surface area contributed by atoms with Crippen LogP contribution in [0.15, 0.2) is 18.2 Å². The molecule has 1 aliphatic rings. The number of nitrogens with one attached hydrogen (secondary N) is 1. The lowest BCUT2D eigenvalue weighted by Crippen LogP contribution is -2.34. The summed E-state index contributed by atoms with van der Waals surface area (Å²) < 4.78 is 13.3. The zero-order chi connectivity index (χ0) is 13.0. The first-order valence-electron chi connectivity index (χ1n) is 6.84. The Morgan fingerprint density at radius 2 is 2.06 bits per heavy atom. The van der Waals surface area contributed by atoms with Crippen LogP contribution in [-0.2, 0) is 6.54 Å². The highest BCUT2D eigenvalue weighted by Crippen LogP contribution is 2.26. The first-order chi connectivity index (χ1) is 8.66. The second kappa shape index (κ2) is 6.53. The fourth-order valence-corrected chi connectivity index (χ4v) is 2.85. The first-order valence-corrected chi connectivity index (χ1v) is 7.22. The summed E-state index contributed by atoms with van der Waals surface area (Å²) in [5.74, 6) is 0.442. The van der Waals surface area contributed by atoms with E-state index in [1.165, 1.54) is 38.2 Å². The summed E-state index contributed by atoms with van der Waals surface area (Å²) >= 11 is 5.67. The highest BCUT2D eigenvalue weighted by Gasteiger charge is 2.19. The predicted octanol–water partition coefficient (Wildman–Crippen LogP) is 4.54. The van der Waals surface area contributed by atoms with E-state index in [0.29, 0.717) is 12.6 Å². The van der Waals surface area contributed by atoms with E-state index in [2.05, 4.69) is 12.2 Å². The van der Waals surface area contributed by atoms with Crippen molar-refractivity contribution in [3.05, 3.63) is 34.6 Å². The third kappa shape index (κ3) is 3.69. The van der Waals surface area contributed by atoms with Gasteiger partial charge >= 0.3 is 0 Å². The molecule has 0 spiro atoms. The molecule has 0 heterocycles. The second-order valence-corrected chi connectivity index (χ2v) is 5.72. The Balaban J connectivity index is 1.84. The Bertz CT molecular complexity index is 388. The summed E-state index contributed by atoms with van der Waals surface area (Å²) in [6, 6.07) is 5.53. The van der Waals surface area contributed by atoms with E-state index >= 15 is 0 Å². The Morgan fingerprint density at radius 1 is 1.33 bits per heavy atom. The summed E-state index contributed by atoms with van der Waals surface area (Å²) in [4.78, 5) is 0. The number of hydrogen-bond acceptors (Lipinski definition) is 1. The van der Waals surface area contributed by atoms with Gasteiger partial charge in [0.15, 0.2) is 0 Å². The minimum atomic E-state index is -0.332. The zero-order valence-electron chi connectivity index (χ0n) is 10.9. The van der Waals surface area contributed by atoms with Crippen molar-refractivity contribution in [1.29, 1.82) is 0 Å². The molecular weight excluding hydrogens is 249 g/mol. The van der Waals surface area contributed by atoms with Crippen molar-refractivity contribution in [2.75, 3.05) is 0 Å². The van der Waals surface area contributed by atoms with Crippen LogP contribution < -0.4 is 5.32 Å². The summed E-state index contributed by atoms with van der Waals surface area (Å²) in [5, 5.41) is 3.70. The van der Waals surface area contributed by atoms with E-state index in [1.807, 2.05) is 6.07 Å². The summed E-state index contributed by atoms with van der Waals surface area (Å²) in [7, 11) is 0. The smallest absolute Gasteiger partial charge is 0.142 e. The maximum absolute atomic E-state index is 13.3. The molecule has 1 fully saturated rings. The van der Waals surface area contributed by atoms with E-state index in [0.717, 1.165) is 11.5 Å². The lowest BCUT2D eigenvalue weighted by molar-refractivity contribution is 0.280. The van der Waals surface area contributed by atoms with Crippen molar-refractivity contribution >= 4 is 11.6 Å². The fraction of sp³-hybridized carbons (Fsp3) is 0.600. The Morgan fingerprint density at radius 3 is 2.72 bits per heavy atom. The van der Waals surface area contributed by atoms with Gasteiger partial charge in [-0.2, -0.15) is 0 Å². The van der Waals surface area contributed by atoms with Crippen molar-refractivity contribution in [1.82, 2.24) is 5.32 Å². The van der Waals surface area contributed by atoms with Crippen molar-refractivity contribution in [3.63, 3.8) is 0 Å². The van der Waals surface area contributed by atoms with Crippen LogP contribution in [0, 0.1) is 11.7 Å². The monoisotopic (exact) mass is 269 g/mol. The Hall–Kier alpha value is -0.600. The van der Waals surface area contributed by atoms with Gasteiger partial charge < -0.3 is 5.32 Å². The van der Waals surface area contributed by atoms with Crippen LogP contribution in [-0.4, -0.2) is 6.04 Å². The normalized spacial score (nSPS) is 18.8. The summed E-state index contributed by atoms with van der Waals surface area (Å²) in [5.41, 5.74) is 0.958. The molecule has 0 aromatic heterocycles. The average Bonchev–Trinajstić information content (AvgIpc) is 2.41. The molecule has 1 N–H and O–H groups in total. The zero-order valence-corrected chi connectivity index (χ0v) is 11.6. The molecule has 0 bridgehead atoms. The molecule has 1 atom stereocenters. The standard InChI is InChI=1S/C15H21ClFN/c1-11(13-5-3-2-4-6-13)18-10-12-7-8-14(16)15(17)9-12/h7-9,11,13,18H,2-6,10H2,1H3. The molecule has 0 saturated heterocycles. The Kier molecular flexibility index (Phi) is 5.02. The topological polar surface area (TPSA) is 12.0 Å². The van der Waals surface area contributed by atoms with Gasteiger partial charge in [-0.1, -0.05) is 36.9 Å². The van der Waals surface area contributed by atoms with E-state index in [4.69, 9.17) is 11.6 Å². The number of hydrogen-bond donors (Lipinski definition) is 1. The van der Waals surface area contributed by atoms with Gasteiger partial charge in [-0.3, -0.25) is 0 Å². The molecule has 1 aromatic rings. The van der Waals surface area contributed by atoms with E-state index in [1.54, 1.807) is 6.07 Å². The highest BCUT2D eigenvalue weighted by atomic mass is 35.5. The molecule has 18 heavy (non-hydrogen) atoms. The van der Waals surface area contributed by atoms with Gasteiger partial charge in [-0.25, -0.2) is 4.39 Å². The number of benzene rings is 1. The summed E-state index contributed by atoms with van der Waals surface area (Å²) in [6.07, 6.45) is 6.73. The maximum Gasteiger partial charge on any atom is 0.142 e. The van der Waals surface area contributed by atoms with Crippen molar-refractivity contribution in [2.45, 2.75) is 51.6 Å². The van der Waals surface area contributed by atoms with Crippen molar-refractivity contribution in [3.8, 4) is 0 Å². The average molecular weight is 270 g/mol. The molecule has 1 nitrogen and oxygen atoms in total. The molecule has 0 radical (unpaired) electrons. The van der Waals surface area contributed by atoms with Crippen LogP contribution >= 0.6 is 11.6 Å². The molecular formula is C15H21ClFN. The van der Waals surface area contributed by atoms with Gasteiger partial charge in [-0.15, -0.1) is 0 Å². The molecule has 3 heteroatoms. The molecule has 1 aliphatic carbocycles. The Labute approximate surface area is 114 Å². The third-order valence-electron chi connectivity index (χ3n) is 3.97. The molecule has 0 aliphatic heterocycles. The van der Waals surface area contributed by atoms with Gasteiger partial charge in [0.2, 0.25) is 0 Å². The first kappa shape index (κ1) is 13.8. The minimum absolute atomic E-state index is 0.194. The highest BCUT2D eigenvalue weighted by molar-refractivity contribution is 6.30. The predicted molar refractivity (Wildman–Crippen MR) is 74.3 cm³/mol. The van der Waals surface area contributed by atoms with Crippen LogP contribution in [0.2, 0.25) is 5.02 Å². The van der Waals surface area contributed by atoms with E-state index in [9.17, 15) is 4.39 Å². The number of halogens is 2. The van der Waals surface area contributed by atoms with Crippen LogP contribution in [0.5, 0.6) is 0 Å². The minimum Gasteiger partial charge on any atom is -0.310 e. The second-order valence-electron chi connectivity index (χ2n) is 5.32. The van der Waals surface area contributed by atoms with Crippen LogP contribution in [0.4, 0.5) is 4.39 Å². The quantitative estimate of drug-likeness (QED) is 0.846. The van der Waals surface area contributed by atoms with Crippen LogP contribution in [0.25, 0.3) is 0 Å². The molecule has 1 unspecified atom stereocenters. The van der Waals surface area contributed by atoms with Crippen molar-refractivity contribution in [2.24, 2.45) is 5.92 Å². The molecule has 2 rings (SSSR count). The molecule has 1 saturated carbocycles. The maximum atomic E-state index is 13.3. The third-order valence-corrected chi connectivity index (χ3v) is 4.28. The van der Waals surface area contributed by atoms with E-state index in [-0.39, 0.29) is 10.8 Å². The van der Waals surface area contributed by atoms with Gasteiger partial charge in [0.25, 0.3) is 0 Å².